The van der Waals surface area contributed by atoms with Gasteiger partial charge < -0.3 is 5.32 Å². The fourth-order valence-electron chi connectivity index (χ4n) is 1.59. The molecule has 1 N–H and O–H groups in total. The molecule has 3 nitrogen and oxygen atoms in total. The van der Waals surface area contributed by atoms with E-state index < -0.39 is 5.82 Å². The van der Waals surface area contributed by atoms with Crippen molar-refractivity contribution in [3.63, 3.8) is 0 Å². The molecule has 1 amide bonds. The first-order chi connectivity index (χ1) is 8.97. The first-order valence-corrected chi connectivity index (χ1v) is 6.47. The fraction of sp³-hybridized carbons (Fsp3) is 0.143. The summed E-state index contributed by atoms with van der Waals surface area (Å²) >= 11 is 3.25. The molecule has 0 aliphatic heterocycles. The molecule has 5 heteroatoms. The summed E-state index contributed by atoms with van der Waals surface area (Å²) in [7, 11) is 0. The van der Waals surface area contributed by atoms with E-state index >= 15 is 0 Å². The third kappa shape index (κ3) is 3.17. The number of amides is 1. The molecule has 0 aliphatic rings. The Bertz CT molecular complexity index is 643. The summed E-state index contributed by atoms with van der Waals surface area (Å²) in [5.41, 5.74) is 2.09. The Morgan fingerprint density at radius 2 is 2.00 bits per heavy atom. The number of carbonyl (C=O) groups is 1. The molecule has 0 unspecified atom stereocenters. The highest BCUT2D eigenvalue weighted by atomic mass is 79.9. The number of hydrogen-bond donors (Lipinski definition) is 1. The number of anilines is 1. The lowest BCUT2D eigenvalue weighted by atomic mass is 10.1. The summed E-state index contributed by atoms with van der Waals surface area (Å²) in [5.74, 6) is -0.746. The van der Waals surface area contributed by atoms with Crippen LogP contribution in [0.25, 0.3) is 0 Å². The summed E-state index contributed by atoms with van der Waals surface area (Å²) in [4.78, 5) is 16.2. The average molecular weight is 323 g/mol. The molecule has 0 aliphatic carbocycles. The van der Waals surface area contributed by atoms with Crippen molar-refractivity contribution in [2.45, 2.75) is 13.8 Å². The summed E-state index contributed by atoms with van der Waals surface area (Å²) in [6, 6.07) is 7.88. The second kappa shape index (κ2) is 5.48. The van der Waals surface area contributed by atoms with Gasteiger partial charge >= 0.3 is 0 Å². The van der Waals surface area contributed by atoms with Crippen molar-refractivity contribution in [2.24, 2.45) is 0 Å². The van der Waals surface area contributed by atoms with Crippen molar-refractivity contribution in [3.05, 3.63) is 57.6 Å². The van der Waals surface area contributed by atoms with Crippen LogP contribution in [-0.4, -0.2) is 10.9 Å². The molecule has 0 saturated heterocycles. The van der Waals surface area contributed by atoms with Crippen LogP contribution in [-0.2, 0) is 0 Å². The minimum atomic E-state index is -0.390. The van der Waals surface area contributed by atoms with E-state index in [9.17, 15) is 9.18 Å². The molecule has 19 heavy (non-hydrogen) atoms. The molecule has 0 spiro atoms. The number of hydrogen-bond acceptors (Lipinski definition) is 2. The molecular weight excluding hydrogens is 311 g/mol. The van der Waals surface area contributed by atoms with Gasteiger partial charge in [0, 0.05) is 5.56 Å². The lowest BCUT2D eigenvalue weighted by Crippen LogP contribution is -2.13. The number of benzene rings is 1. The Balaban J connectivity index is 2.23. The van der Waals surface area contributed by atoms with Gasteiger partial charge in [-0.3, -0.25) is 4.79 Å². The highest BCUT2D eigenvalue weighted by Crippen LogP contribution is 2.17. The molecule has 0 saturated carbocycles. The van der Waals surface area contributed by atoms with Crippen LogP contribution < -0.4 is 5.32 Å². The maximum atomic E-state index is 13.4. The lowest BCUT2D eigenvalue weighted by Gasteiger charge is -2.08. The van der Waals surface area contributed by atoms with Crippen molar-refractivity contribution >= 4 is 27.5 Å². The van der Waals surface area contributed by atoms with Crippen molar-refractivity contribution in [1.29, 1.82) is 0 Å². The predicted molar refractivity (Wildman–Crippen MR) is 75.8 cm³/mol. The maximum absolute atomic E-state index is 13.4. The molecule has 1 aromatic heterocycles. The SMILES string of the molecule is Cc1ccc(C(=O)Nc2ccc(Br)nc2C)cc1F. The average Bonchev–Trinajstić information content (AvgIpc) is 2.36. The lowest BCUT2D eigenvalue weighted by molar-refractivity contribution is 0.102. The number of rotatable bonds is 2. The van der Waals surface area contributed by atoms with Gasteiger partial charge in [-0.05, 0) is 59.6 Å². The first-order valence-electron chi connectivity index (χ1n) is 5.68. The number of nitrogens with zero attached hydrogens (tertiary/aromatic N) is 1. The van der Waals surface area contributed by atoms with E-state index in [0.29, 0.717) is 21.5 Å². The van der Waals surface area contributed by atoms with Gasteiger partial charge in [0.25, 0.3) is 5.91 Å². The monoisotopic (exact) mass is 322 g/mol. The van der Waals surface area contributed by atoms with Crippen LogP contribution >= 0.6 is 15.9 Å². The van der Waals surface area contributed by atoms with Crippen LogP contribution in [0.15, 0.2) is 34.9 Å². The smallest absolute Gasteiger partial charge is 0.255 e. The van der Waals surface area contributed by atoms with E-state index in [0.717, 1.165) is 0 Å². The van der Waals surface area contributed by atoms with Gasteiger partial charge in [0.2, 0.25) is 0 Å². The summed E-state index contributed by atoms with van der Waals surface area (Å²) in [6.07, 6.45) is 0. The van der Waals surface area contributed by atoms with E-state index in [-0.39, 0.29) is 11.5 Å². The molecule has 2 rings (SSSR count). The minimum Gasteiger partial charge on any atom is -0.320 e. The molecule has 0 radical (unpaired) electrons. The van der Waals surface area contributed by atoms with Crippen molar-refractivity contribution in [3.8, 4) is 0 Å². The molecule has 1 heterocycles. The molecule has 98 valence electrons. The van der Waals surface area contributed by atoms with E-state index in [1.54, 1.807) is 38.1 Å². The largest absolute Gasteiger partial charge is 0.320 e. The number of nitrogens with one attached hydrogen (secondary N) is 1. The van der Waals surface area contributed by atoms with Crippen LogP contribution in [0.4, 0.5) is 10.1 Å². The van der Waals surface area contributed by atoms with E-state index in [1.165, 1.54) is 6.07 Å². The summed E-state index contributed by atoms with van der Waals surface area (Å²) < 4.78 is 14.1. The first kappa shape index (κ1) is 13.7. The van der Waals surface area contributed by atoms with E-state index in [2.05, 4.69) is 26.2 Å². The van der Waals surface area contributed by atoms with Crippen molar-refractivity contribution in [2.75, 3.05) is 5.32 Å². The van der Waals surface area contributed by atoms with E-state index in [1.807, 2.05) is 0 Å². The number of pyridine rings is 1. The minimum absolute atomic E-state index is 0.283. The molecular formula is C14H12BrFN2O. The van der Waals surface area contributed by atoms with Gasteiger partial charge in [0.1, 0.15) is 10.4 Å². The topological polar surface area (TPSA) is 42.0 Å². The number of carbonyl (C=O) groups excluding carboxylic acids is 1. The zero-order chi connectivity index (χ0) is 14.0. The third-order valence-electron chi connectivity index (χ3n) is 2.73. The number of halogens is 2. The predicted octanol–water partition coefficient (Wildman–Crippen LogP) is 3.85. The van der Waals surface area contributed by atoms with Crippen molar-refractivity contribution < 1.29 is 9.18 Å². The maximum Gasteiger partial charge on any atom is 0.255 e. The normalized spacial score (nSPS) is 10.3. The summed E-state index contributed by atoms with van der Waals surface area (Å²) in [6.45, 7) is 3.44. The zero-order valence-electron chi connectivity index (χ0n) is 10.5. The Kier molecular flexibility index (Phi) is 3.95. The fourth-order valence-corrected chi connectivity index (χ4v) is 1.99. The third-order valence-corrected chi connectivity index (χ3v) is 3.18. The Morgan fingerprint density at radius 3 is 2.63 bits per heavy atom. The Morgan fingerprint density at radius 1 is 1.26 bits per heavy atom. The summed E-state index contributed by atoms with van der Waals surface area (Å²) in [5, 5.41) is 2.71. The second-order valence-electron chi connectivity index (χ2n) is 4.19. The van der Waals surface area contributed by atoms with Crippen LogP contribution in [0.2, 0.25) is 0 Å². The number of aryl methyl sites for hydroxylation is 2. The Hall–Kier alpha value is -1.75. The van der Waals surface area contributed by atoms with Gasteiger partial charge in [-0.15, -0.1) is 0 Å². The van der Waals surface area contributed by atoms with Crippen LogP contribution in [0.1, 0.15) is 21.6 Å². The van der Waals surface area contributed by atoms with Gasteiger partial charge in [-0.1, -0.05) is 6.07 Å². The highest BCUT2D eigenvalue weighted by molar-refractivity contribution is 9.10. The van der Waals surface area contributed by atoms with Crippen molar-refractivity contribution in [1.82, 2.24) is 4.98 Å². The quantitative estimate of drug-likeness (QED) is 0.853. The van der Waals surface area contributed by atoms with Crippen LogP contribution in [0.5, 0.6) is 0 Å². The number of aromatic nitrogens is 1. The molecule has 0 bridgehead atoms. The zero-order valence-corrected chi connectivity index (χ0v) is 12.1. The molecule has 0 atom stereocenters. The van der Waals surface area contributed by atoms with Gasteiger partial charge in [-0.25, -0.2) is 9.37 Å². The van der Waals surface area contributed by atoms with Gasteiger partial charge in [0.05, 0.1) is 11.4 Å². The van der Waals surface area contributed by atoms with Crippen LogP contribution in [0, 0.1) is 19.7 Å². The van der Waals surface area contributed by atoms with E-state index in [4.69, 9.17) is 0 Å². The molecule has 2 aromatic rings. The molecule has 1 aromatic carbocycles. The van der Waals surface area contributed by atoms with Gasteiger partial charge in [-0.2, -0.15) is 0 Å². The Labute approximate surface area is 119 Å². The second-order valence-corrected chi connectivity index (χ2v) is 5.00. The highest BCUT2D eigenvalue weighted by Gasteiger charge is 2.10. The van der Waals surface area contributed by atoms with Crippen LogP contribution in [0.3, 0.4) is 0 Å². The molecule has 0 fully saturated rings. The van der Waals surface area contributed by atoms with Gasteiger partial charge in [0.15, 0.2) is 0 Å². The standard InChI is InChI=1S/C14H12BrFN2O/c1-8-3-4-10(7-11(8)16)14(19)18-12-5-6-13(15)17-9(12)2/h3-7H,1-2H3,(H,18,19).